The highest BCUT2D eigenvalue weighted by Gasteiger charge is 2.36. The molecule has 1 aromatic carbocycles. The number of amides is 1. The normalized spacial score (nSPS) is 19.0. The Kier molecular flexibility index (Phi) is 6.51. The van der Waals surface area contributed by atoms with Crippen LogP contribution in [0.3, 0.4) is 0 Å². The van der Waals surface area contributed by atoms with Gasteiger partial charge in [0.1, 0.15) is 6.04 Å². The van der Waals surface area contributed by atoms with Gasteiger partial charge in [-0.1, -0.05) is 19.1 Å². The van der Waals surface area contributed by atoms with Crippen LogP contribution in [0.25, 0.3) is 0 Å². The van der Waals surface area contributed by atoms with E-state index in [2.05, 4.69) is 0 Å². The molecule has 138 valence electrons. The Morgan fingerprint density at radius 1 is 1.36 bits per heavy atom. The quantitative estimate of drug-likeness (QED) is 0.725. The highest BCUT2D eigenvalue weighted by atomic mass is 32.2. The second-order valence-electron chi connectivity index (χ2n) is 6.05. The Bertz CT molecular complexity index is 747. The van der Waals surface area contributed by atoms with Crippen LogP contribution in [0.2, 0.25) is 0 Å². The number of hydrogen-bond acceptors (Lipinski definition) is 5. The number of benzene rings is 1. The van der Waals surface area contributed by atoms with Crippen molar-refractivity contribution in [2.45, 2.75) is 54.2 Å². The van der Waals surface area contributed by atoms with E-state index in [0.29, 0.717) is 30.7 Å². The van der Waals surface area contributed by atoms with Gasteiger partial charge in [-0.2, -0.15) is 0 Å². The summed E-state index contributed by atoms with van der Waals surface area (Å²) in [5.41, 5.74) is 0. The first-order valence-corrected chi connectivity index (χ1v) is 10.8. The van der Waals surface area contributed by atoms with Crippen molar-refractivity contribution in [3.05, 3.63) is 24.3 Å². The first-order valence-electron chi connectivity index (χ1n) is 8.29. The van der Waals surface area contributed by atoms with Crippen LogP contribution in [0.4, 0.5) is 0 Å². The molecule has 0 saturated carbocycles. The van der Waals surface area contributed by atoms with Crippen molar-refractivity contribution in [1.29, 1.82) is 0 Å². The maximum atomic E-state index is 12.6. The van der Waals surface area contributed by atoms with Crippen molar-refractivity contribution in [1.82, 2.24) is 4.90 Å². The molecule has 1 amide bonds. The van der Waals surface area contributed by atoms with Crippen LogP contribution in [0.5, 0.6) is 0 Å². The third kappa shape index (κ3) is 4.55. The van der Waals surface area contributed by atoms with E-state index in [-0.39, 0.29) is 16.6 Å². The topological polar surface area (TPSA) is 91.8 Å². The molecule has 1 fully saturated rings. The minimum Gasteiger partial charge on any atom is -0.480 e. The van der Waals surface area contributed by atoms with Gasteiger partial charge in [0.2, 0.25) is 5.91 Å². The summed E-state index contributed by atoms with van der Waals surface area (Å²) in [6.45, 7) is 3.92. The Labute approximate surface area is 152 Å². The van der Waals surface area contributed by atoms with E-state index in [1.807, 2.05) is 0 Å². The highest BCUT2D eigenvalue weighted by molar-refractivity contribution is 8.01. The predicted octanol–water partition coefficient (Wildman–Crippen LogP) is 2.43. The lowest BCUT2D eigenvalue weighted by Gasteiger charge is -2.25. The third-order valence-electron chi connectivity index (χ3n) is 4.13. The molecule has 6 nitrogen and oxygen atoms in total. The first kappa shape index (κ1) is 19.8. The largest absolute Gasteiger partial charge is 0.480 e. The fraction of sp³-hybridized carbons (Fsp3) is 0.529. The summed E-state index contributed by atoms with van der Waals surface area (Å²) in [6, 6.07) is 5.87. The lowest BCUT2D eigenvalue weighted by molar-refractivity contribution is -0.147. The minimum atomic E-state index is -3.40. The molecule has 0 bridgehead atoms. The maximum Gasteiger partial charge on any atom is 0.326 e. The second-order valence-corrected chi connectivity index (χ2v) is 9.51. The number of thioether (sulfide) groups is 1. The molecular weight excluding hydrogens is 362 g/mol. The number of nitrogens with zero attached hydrogens (tertiary/aromatic N) is 1. The molecule has 1 aliphatic heterocycles. The Hall–Kier alpha value is -1.54. The number of likely N-dealkylation sites (tertiary alicyclic amines) is 1. The summed E-state index contributed by atoms with van der Waals surface area (Å²) in [5.74, 6) is -1.20. The number of carbonyl (C=O) groups is 2. The van der Waals surface area contributed by atoms with Crippen LogP contribution in [0.15, 0.2) is 34.1 Å². The Morgan fingerprint density at radius 3 is 2.68 bits per heavy atom. The molecule has 0 radical (unpaired) electrons. The van der Waals surface area contributed by atoms with Crippen molar-refractivity contribution in [2.24, 2.45) is 0 Å². The molecule has 2 atom stereocenters. The van der Waals surface area contributed by atoms with Gasteiger partial charge in [-0.25, -0.2) is 13.2 Å². The number of aliphatic carboxylic acids is 1. The van der Waals surface area contributed by atoms with Crippen LogP contribution < -0.4 is 0 Å². The predicted molar refractivity (Wildman–Crippen MR) is 96.5 cm³/mol. The lowest BCUT2D eigenvalue weighted by atomic mass is 10.2. The number of carboxylic acid groups (broad SMARTS) is 1. The summed E-state index contributed by atoms with van der Waals surface area (Å²) < 4.78 is 24.8. The smallest absolute Gasteiger partial charge is 0.326 e. The van der Waals surface area contributed by atoms with E-state index in [1.165, 1.54) is 16.7 Å². The van der Waals surface area contributed by atoms with Gasteiger partial charge < -0.3 is 10.0 Å². The molecule has 1 aromatic rings. The molecule has 0 spiro atoms. The van der Waals surface area contributed by atoms with Crippen molar-refractivity contribution in [3.63, 3.8) is 0 Å². The number of carboxylic acids is 1. The molecule has 1 heterocycles. The number of hydrogen-bond donors (Lipinski definition) is 1. The van der Waals surface area contributed by atoms with E-state index < -0.39 is 27.1 Å². The zero-order valence-electron chi connectivity index (χ0n) is 14.3. The summed E-state index contributed by atoms with van der Waals surface area (Å²) >= 11 is 1.17. The molecule has 2 unspecified atom stereocenters. The summed E-state index contributed by atoms with van der Waals surface area (Å²) in [6.07, 6.45) is 1.64. The van der Waals surface area contributed by atoms with Gasteiger partial charge >= 0.3 is 5.97 Å². The van der Waals surface area contributed by atoms with E-state index in [9.17, 15) is 23.1 Å². The second kappa shape index (κ2) is 8.23. The average Bonchev–Trinajstić information content (AvgIpc) is 3.04. The van der Waals surface area contributed by atoms with Crippen molar-refractivity contribution in [3.8, 4) is 0 Å². The fourth-order valence-electron chi connectivity index (χ4n) is 2.94. The van der Waals surface area contributed by atoms with Crippen LogP contribution in [-0.4, -0.2) is 53.9 Å². The Balaban J connectivity index is 2.20. The van der Waals surface area contributed by atoms with Gasteiger partial charge in [-0.3, -0.25) is 4.79 Å². The van der Waals surface area contributed by atoms with Crippen LogP contribution in [-0.2, 0) is 19.4 Å². The van der Waals surface area contributed by atoms with E-state index in [4.69, 9.17) is 0 Å². The van der Waals surface area contributed by atoms with Gasteiger partial charge in [0.15, 0.2) is 9.84 Å². The standard InChI is InChI=1S/C17H23NO5S2/c1-3-11-25(22,23)15-9-5-4-8-14(15)24-12(2)16(19)18-10-6-7-13(18)17(20)21/h4-5,8-9,12-13H,3,6-7,10-11H2,1-2H3,(H,20,21). The van der Waals surface area contributed by atoms with Crippen LogP contribution in [0, 0.1) is 0 Å². The molecular formula is C17H23NO5S2. The average molecular weight is 386 g/mol. The van der Waals surface area contributed by atoms with Crippen molar-refractivity contribution >= 4 is 33.5 Å². The molecule has 0 aliphatic carbocycles. The molecule has 1 N–H and O–H groups in total. The van der Waals surface area contributed by atoms with Gasteiger partial charge in [0.05, 0.1) is 15.9 Å². The zero-order chi connectivity index (χ0) is 18.6. The number of carbonyl (C=O) groups excluding carboxylic acids is 1. The van der Waals surface area contributed by atoms with Gasteiger partial charge in [0.25, 0.3) is 0 Å². The van der Waals surface area contributed by atoms with Gasteiger partial charge in [-0.15, -0.1) is 11.8 Å². The SMILES string of the molecule is CCCS(=O)(=O)c1ccccc1SC(C)C(=O)N1CCCC1C(=O)O. The molecule has 1 aliphatic rings. The van der Waals surface area contributed by atoms with Gasteiger partial charge in [0, 0.05) is 11.4 Å². The van der Waals surface area contributed by atoms with E-state index in [1.54, 1.807) is 38.1 Å². The third-order valence-corrected chi connectivity index (χ3v) is 7.40. The van der Waals surface area contributed by atoms with Crippen LogP contribution in [0.1, 0.15) is 33.1 Å². The first-order chi connectivity index (χ1) is 11.8. The van der Waals surface area contributed by atoms with Crippen molar-refractivity contribution < 1.29 is 23.1 Å². The van der Waals surface area contributed by atoms with Crippen LogP contribution >= 0.6 is 11.8 Å². The van der Waals surface area contributed by atoms with Crippen molar-refractivity contribution in [2.75, 3.05) is 12.3 Å². The minimum absolute atomic E-state index is 0.0557. The summed E-state index contributed by atoms with van der Waals surface area (Å²) in [5, 5.41) is 8.68. The highest BCUT2D eigenvalue weighted by Crippen LogP contribution is 2.32. The van der Waals surface area contributed by atoms with Gasteiger partial charge in [-0.05, 0) is 38.3 Å². The molecule has 2 rings (SSSR count). The monoisotopic (exact) mass is 385 g/mol. The molecule has 0 aromatic heterocycles. The number of rotatable bonds is 7. The maximum absolute atomic E-state index is 12.6. The molecule has 1 saturated heterocycles. The number of sulfone groups is 1. The summed E-state index contributed by atoms with van der Waals surface area (Å²) in [4.78, 5) is 26.1. The van der Waals surface area contributed by atoms with E-state index in [0.717, 1.165) is 0 Å². The lowest BCUT2D eigenvalue weighted by Crippen LogP contribution is -2.43. The zero-order valence-corrected chi connectivity index (χ0v) is 16.0. The molecule has 8 heteroatoms. The Morgan fingerprint density at radius 2 is 2.04 bits per heavy atom. The molecule has 25 heavy (non-hydrogen) atoms. The van der Waals surface area contributed by atoms with E-state index >= 15 is 0 Å². The summed E-state index contributed by atoms with van der Waals surface area (Å²) in [7, 11) is -3.40. The fourth-order valence-corrected chi connectivity index (χ4v) is 5.85.